The molecule has 0 aromatic rings. The first kappa shape index (κ1) is 26.4. The summed E-state index contributed by atoms with van der Waals surface area (Å²) in [4.78, 5) is 12.0. The minimum absolute atomic E-state index is 0.0423. The Balaban J connectivity index is 1.44. The van der Waals surface area contributed by atoms with Gasteiger partial charge in [0.15, 0.2) is 12.6 Å². The van der Waals surface area contributed by atoms with E-state index >= 15 is 0 Å². The van der Waals surface area contributed by atoms with Crippen molar-refractivity contribution < 1.29 is 69.0 Å². The predicted molar refractivity (Wildman–Crippen MR) is 109 cm³/mol. The van der Waals surface area contributed by atoms with Gasteiger partial charge >= 0.3 is 5.97 Å². The zero-order chi connectivity index (χ0) is 25.5. The van der Waals surface area contributed by atoms with Crippen LogP contribution >= 0.6 is 0 Å². The molecule has 0 spiro atoms. The van der Waals surface area contributed by atoms with Crippen molar-refractivity contribution >= 4 is 5.97 Å². The molecule has 7 N–H and O–H groups in total. The van der Waals surface area contributed by atoms with E-state index in [2.05, 4.69) is 6.58 Å². The number of hydrogen-bond acceptors (Lipinski definition) is 14. The molecule has 0 aliphatic carbocycles. The Labute approximate surface area is 199 Å². The maximum absolute atomic E-state index is 12.0. The van der Waals surface area contributed by atoms with Gasteiger partial charge in [-0.1, -0.05) is 6.08 Å². The Hall–Kier alpha value is -1.69. The van der Waals surface area contributed by atoms with Crippen LogP contribution in [0.4, 0.5) is 0 Å². The maximum atomic E-state index is 12.0. The summed E-state index contributed by atoms with van der Waals surface area (Å²) in [5, 5.41) is 71.5. The van der Waals surface area contributed by atoms with Crippen LogP contribution in [0.3, 0.4) is 0 Å². The van der Waals surface area contributed by atoms with Crippen LogP contribution in [-0.2, 0) is 33.2 Å². The highest BCUT2D eigenvalue weighted by Gasteiger charge is 2.54. The predicted octanol–water partition coefficient (Wildman–Crippen LogP) is -4.01. The van der Waals surface area contributed by atoms with Gasteiger partial charge in [-0.15, -0.1) is 6.58 Å². The normalized spacial score (nSPS) is 48.3. The molecule has 0 aromatic carbocycles. The molecule has 4 aliphatic rings. The lowest BCUT2D eigenvalue weighted by Crippen LogP contribution is -2.62. The quantitative estimate of drug-likeness (QED) is 0.135. The van der Waals surface area contributed by atoms with Gasteiger partial charge in [-0.3, -0.25) is 0 Å². The van der Waals surface area contributed by atoms with Crippen molar-refractivity contribution in [2.45, 2.75) is 73.6 Å². The molecule has 0 bridgehead atoms. The van der Waals surface area contributed by atoms with E-state index in [1.54, 1.807) is 0 Å². The molecule has 198 valence electrons. The summed E-state index contributed by atoms with van der Waals surface area (Å²) in [6.07, 6.45) is -12.7. The third-order valence-corrected chi connectivity index (χ3v) is 6.64. The number of cyclic esters (lactones) is 1. The molecule has 0 radical (unpaired) electrons. The van der Waals surface area contributed by atoms with Gasteiger partial charge in [0.2, 0.25) is 6.29 Å². The van der Waals surface area contributed by atoms with E-state index in [0.717, 1.165) is 6.26 Å². The molecule has 14 nitrogen and oxygen atoms in total. The van der Waals surface area contributed by atoms with Crippen LogP contribution in [0.5, 0.6) is 0 Å². The van der Waals surface area contributed by atoms with Gasteiger partial charge in [0.05, 0.1) is 32.0 Å². The zero-order valence-electron chi connectivity index (χ0n) is 18.5. The van der Waals surface area contributed by atoms with Crippen LogP contribution in [-0.4, -0.2) is 129 Å². The van der Waals surface area contributed by atoms with Crippen molar-refractivity contribution in [1.29, 1.82) is 0 Å². The van der Waals surface area contributed by atoms with Gasteiger partial charge in [0, 0.05) is 6.42 Å². The fourth-order valence-corrected chi connectivity index (χ4v) is 4.47. The molecule has 4 heterocycles. The van der Waals surface area contributed by atoms with Crippen LogP contribution in [0.15, 0.2) is 24.5 Å². The fourth-order valence-electron chi connectivity index (χ4n) is 4.47. The van der Waals surface area contributed by atoms with E-state index in [1.807, 2.05) is 0 Å². The maximum Gasteiger partial charge on any atom is 0.340 e. The average molecular weight is 506 g/mol. The van der Waals surface area contributed by atoms with Gasteiger partial charge in [-0.05, 0) is 0 Å². The zero-order valence-corrected chi connectivity index (χ0v) is 18.5. The van der Waals surface area contributed by atoms with Gasteiger partial charge < -0.3 is 64.2 Å². The van der Waals surface area contributed by atoms with E-state index in [1.165, 1.54) is 6.08 Å². The van der Waals surface area contributed by atoms with E-state index in [4.69, 9.17) is 28.4 Å². The van der Waals surface area contributed by atoms with Crippen molar-refractivity contribution in [3.63, 3.8) is 0 Å². The highest BCUT2D eigenvalue weighted by molar-refractivity contribution is 5.91. The van der Waals surface area contributed by atoms with Gasteiger partial charge in [-0.25, -0.2) is 4.79 Å². The number of aliphatic hydroxyl groups excluding tert-OH is 6. The first-order valence-electron chi connectivity index (χ1n) is 11.1. The molecule has 14 heteroatoms. The number of rotatable bonds is 6. The standard InChI is InChI=1S/C21H30O14/c1-2-8-18(31-5-9-17(28)30-4-3-21(8,9)29)35-20-16(27)14(25)13(24)11(34-20)7-33-19-15(26)12(23)10(22)6-32-19/h2,5,8,10-16,18-20,22-27,29H,1,3-4,6-7H2/t8-,10-,11-,12-,13-,14+,15+,16-,18-,19-,20+,21+/m0/s1. The van der Waals surface area contributed by atoms with Crippen molar-refractivity contribution in [3.8, 4) is 0 Å². The Kier molecular flexibility index (Phi) is 7.80. The molecule has 35 heavy (non-hydrogen) atoms. The van der Waals surface area contributed by atoms with E-state index in [0.29, 0.717) is 0 Å². The second-order valence-electron chi connectivity index (χ2n) is 8.84. The summed E-state index contributed by atoms with van der Waals surface area (Å²) in [6, 6.07) is 0. The molecule has 0 unspecified atom stereocenters. The molecule has 0 aromatic heterocycles. The summed E-state index contributed by atoms with van der Waals surface area (Å²) in [7, 11) is 0. The van der Waals surface area contributed by atoms with Crippen LogP contribution in [0.25, 0.3) is 0 Å². The number of fused-ring (bicyclic) bond motifs is 1. The first-order valence-corrected chi connectivity index (χ1v) is 11.1. The molecule has 0 amide bonds. The summed E-state index contributed by atoms with van der Waals surface area (Å²) >= 11 is 0. The molecule has 0 saturated carbocycles. The van der Waals surface area contributed by atoms with Gasteiger partial charge in [0.25, 0.3) is 0 Å². The van der Waals surface area contributed by atoms with Crippen molar-refractivity contribution in [2.75, 3.05) is 19.8 Å². The lowest BCUT2D eigenvalue weighted by atomic mass is 9.76. The monoisotopic (exact) mass is 506 g/mol. The minimum atomic E-state index is -1.74. The first-order chi connectivity index (χ1) is 16.6. The fraction of sp³-hybridized carbons (Fsp3) is 0.762. The second-order valence-corrected chi connectivity index (χ2v) is 8.84. The Morgan fingerprint density at radius 3 is 2.46 bits per heavy atom. The van der Waals surface area contributed by atoms with Crippen molar-refractivity contribution in [1.82, 2.24) is 0 Å². The number of esters is 1. The molecule has 4 rings (SSSR count). The summed E-state index contributed by atoms with van der Waals surface area (Å²) in [6.45, 7) is 2.84. The number of carbonyl (C=O) groups is 1. The summed E-state index contributed by atoms with van der Waals surface area (Å²) in [5.41, 5.74) is -1.82. The summed E-state index contributed by atoms with van der Waals surface area (Å²) < 4.78 is 32.1. The Bertz CT molecular complexity index is 820. The van der Waals surface area contributed by atoms with Crippen molar-refractivity contribution in [3.05, 3.63) is 24.5 Å². The van der Waals surface area contributed by atoms with Crippen LogP contribution in [0.2, 0.25) is 0 Å². The number of ether oxygens (including phenoxy) is 6. The second kappa shape index (κ2) is 10.4. The average Bonchev–Trinajstić information content (AvgIpc) is 2.82. The molecular formula is C21H30O14. The van der Waals surface area contributed by atoms with E-state index in [-0.39, 0.29) is 25.2 Å². The highest BCUT2D eigenvalue weighted by atomic mass is 16.8. The molecule has 12 atom stereocenters. The molecule has 3 saturated heterocycles. The third kappa shape index (κ3) is 4.84. The minimum Gasteiger partial charge on any atom is -0.471 e. The van der Waals surface area contributed by atoms with Crippen LogP contribution < -0.4 is 0 Å². The Morgan fingerprint density at radius 1 is 1.03 bits per heavy atom. The highest BCUT2D eigenvalue weighted by Crippen LogP contribution is 2.42. The topological polar surface area (TPSA) is 214 Å². The lowest BCUT2D eigenvalue weighted by Gasteiger charge is -2.46. The molecule has 3 fully saturated rings. The van der Waals surface area contributed by atoms with Crippen LogP contribution in [0, 0.1) is 5.92 Å². The SMILES string of the molecule is C=C[C@H]1[C@H](O[C@H]2O[C@@H](CO[C@@H]3OC[C@H](O)[C@H](O)[C@H]3O)[C@H](O)[C@@H](O)[C@@H]2O)OC=C2C(=O)OCC[C@]21O. The number of hydrogen-bond donors (Lipinski definition) is 7. The van der Waals surface area contributed by atoms with E-state index in [9.17, 15) is 40.5 Å². The van der Waals surface area contributed by atoms with E-state index < -0.39 is 85.7 Å². The third-order valence-electron chi connectivity index (χ3n) is 6.64. The smallest absolute Gasteiger partial charge is 0.340 e. The molecule has 4 aliphatic heterocycles. The largest absolute Gasteiger partial charge is 0.471 e. The summed E-state index contributed by atoms with van der Waals surface area (Å²) in [5.74, 6) is -1.73. The molecular weight excluding hydrogens is 476 g/mol. The van der Waals surface area contributed by atoms with Gasteiger partial charge in [-0.2, -0.15) is 0 Å². The number of carbonyl (C=O) groups excluding carboxylic acids is 1. The Morgan fingerprint density at radius 2 is 1.74 bits per heavy atom. The lowest BCUT2D eigenvalue weighted by molar-refractivity contribution is -0.352. The van der Waals surface area contributed by atoms with Crippen LogP contribution in [0.1, 0.15) is 6.42 Å². The van der Waals surface area contributed by atoms with Gasteiger partial charge in [0.1, 0.15) is 53.9 Å². The van der Waals surface area contributed by atoms with Crippen molar-refractivity contribution in [2.24, 2.45) is 5.92 Å². The number of aliphatic hydroxyl groups is 7.